The number of aromatic nitrogens is 1. The smallest absolute Gasteiger partial charge is 0.328 e. The minimum Gasteiger partial charge on any atom is -0.543 e. The van der Waals surface area contributed by atoms with Crippen LogP contribution in [0, 0.1) is 6.92 Å². The zero-order chi connectivity index (χ0) is 22.5. The van der Waals surface area contributed by atoms with Crippen LogP contribution in [0.1, 0.15) is 42.4 Å². The third-order valence-electron chi connectivity index (χ3n) is 5.61. The number of pyridine rings is 1. The number of rotatable bonds is 7. The van der Waals surface area contributed by atoms with Crippen molar-refractivity contribution in [3.63, 3.8) is 0 Å². The Morgan fingerprint density at radius 1 is 1.17 bits per heavy atom. The lowest BCUT2D eigenvalue weighted by molar-refractivity contribution is -0.142. The zero-order valence-electron chi connectivity index (χ0n) is 18.9. The van der Waals surface area contributed by atoms with E-state index in [1.54, 1.807) is 18.2 Å². The van der Waals surface area contributed by atoms with Gasteiger partial charge in [-0.2, -0.15) is 0 Å². The fourth-order valence-corrected chi connectivity index (χ4v) is 3.72. The second-order valence-electron chi connectivity index (χ2n) is 8.92. The quantitative estimate of drug-likeness (QED) is 0.526. The Morgan fingerprint density at radius 2 is 1.87 bits per heavy atom. The van der Waals surface area contributed by atoms with Crippen molar-refractivity contribution in [2.75, 3.05) is 7.11 Å². The average molecular weight is 429 g/mol. The Labute approximate surface area is 180 Å². The highest BCUT2D eigenvalue weighted by Crippen LogP contribution is 2.37. The molecule has 0 aliphatic heterocycles. The number of nitrogens with one attached hydrogen (secondary N) is 1. The van der Waals surface area contributed by atoms with E-state index >= 15 is 0 Å². The Hall–Kier alpha value is -2.67. The molecule has 2 aromatic rings. The molecule has 7 heteroatoms. The van der Waals surface area contributed by atoms with Crippen LogP contribution in [-0.2, 0) is 16.0 Å². The van der Waals surface area contributed by atoms with Crippen molar-refractivity contribution in [1.82, 2.24) is 10.3 Å². The Morgan fingerprint density at radius 3 is 2.40 bits per heavy atom. The largest absolute Gasteiger partial charge is 0.543 e. The molecule has 162 valence electrons. The number of hydrogen-bond acceptors (Lipinski definition) is 5. The number of carbonyl (C=O) groups excluding carboxylic acids is 2. The molecule has 0 saturated heterocycles. The van der Waals surface area contributed by atoms with Gasteiger partial charge in [0.25, 0.3) is 5.91 Å². The monoisotopic (exact) mass is 428 g/mol. The number of methoxy groups -OCH3 is 1. The van der Waals surface area contributed by atoms with E-state index in [-0.39, 0.29) is 10.7 Å². The summed E-state index contributed by atoms with van der Waals surface area (Å²) in [5, 5.41) is 2.83. The number of carbonyl (C=O) groups is 2. The third kappa shape index (κ3) is 5.92. The van der Waals surface area contributed by atoms with Gasteiger partial charge in [-0.1, -0.05) is 32.9 Å². The molecule has 0 bridgehead atoms. The maximum Gasteiger partial charge on any atom is 0.328 e. The summed E-state index contributed by atoms with van der Waals surface area (Å²) in [6, 6.07) is 10.1. The van der Waals surface area contributed by atoms with Crippen LogP contribution < -0.4 is 9.74 Å². The molecule has 6 nitrogen and oxygen atoms in total. The molecule has 30 heavy (non-hydrogen) atoms. The molecule has 0 unspecified atom stereocenters. The summed E-state index contributed by atoms with van der Waals surface area (Å²) >= 11 is 0. The molecule has 2 rings (SSSR count). The highest BCUT2D eigenvalue weighted by molar-refractivity contribution is 6.74. The van der Waals surface area contributed by atoms with Gasteiger partial charge < -0.3 is 14.5 Å². The molecule has 1 atom stereocenters. The molecule has 0 aliphatic carbocycles. The van der Waals surface area contributed by atoms with E-state index in [4.69, 9.17) is 9.16 Å². The maximum absolute atomic E-state index is 12.5. The topological polar surface area (TPSA) is 77.5 Å². The summed E-state index contributed by atoms with van der Waals surface area (Å²) in [5.74, 6) is -0.0863. The SMILES string of the molecule is COC(=O)[C@H](Cc1ccc(O[Si](C)(C)C(C)(C)C)cc1C)NC(=O)c1ccccn1. The van der Waals surface area contributed by atoms with Crippen molar-refractivity contribution in [3.05, 3.63) is 59.4 Å². The van der Waals surface area contributed by atoms with Gasteiger partial charge in [0.05, 0.1) is 7.11 Å². The Bertz CT molecular complexity index is 892. The highest BCUT2D eigenvalue weighted by atomic mass is 28.4. The summed E-state index contributed by atoms with van der Waals surface area (Å²) in [7, 11) is -0.628. The summed E-state index contributed by atoms with van der Waals surface area (Å²) < 4.78 is 11.3. The average Bonchev–Trinajstić information content (AvgIpc) is 2.68. The van der Waals surface area contributed by atoms with Gasteiger partial charge in [0.2, 0.25) is 8.32 Å². The molecular formula is C23H32N2O4Si. The Kier molecular flexibility index (Phi) is 7.42. The molecule has 0 saturated carbocycles. The molecule has 1 N–H and O–H groups in total. The molecule has 0 radical (unpaired) electrons. The fraction of sp³-hybridized carbons (Fsp3) is 0.435. The van der Waals surface area contributed by atoms with Gasteiger partial charge in [-0.3, -0.25) is 9.78 Å². The van der Waals surface area contributed by atoms with Crippen LogP contribution in [-0.4, -0.2) is 38.3 Å². The minimum atomic E-state index is -1.94. The second-order valence-corrected chi connectivity index (χ2v) is 13.6. The number of esters is 1. The maximum atomic E-state index is 12.5. The first-order valence-electron chi connectivity index (χ1n) is 10.0. The van der Waals surface area contributed by atoms with Crippen LogP contribution in [0.5, 0.6) is 5.75 Å². The van der Waals surface area contributed by atoms with Crippen molar-refractivity contribution in [3.8, 4) is 5.75 Å². The van der Waals surface area contributed by atoms with Crippen molar-refractivity contribution < 1.29 is 18.8 Å². The molecular weight excluding hydrogens is 396 g/mol. The van der Waals surface area contributed by atoms with Gasteiger partial charge in [-0.15, -0.1) is 0 Å². The lowest BCUT2D eigenvalue weighted by atomic mass is 10.0. The predicted octanol–water partition coefficient (Wildman–Crippen LogP) is 4.29. The minimum absolute atomic E-state index is 0.102. The van der Waals surface area contributed by atoms with Gasteiger partial charge in [0.1, 0.15) is 17.5 Å². The third-order valence-corrected chi connectivity index (χ3v) is 9.96. The molecule has 0 aliphatic rings. The summed E-state index contributed by atoms with van der Waals surface area (Å²) in [6.07, 6.45) is 1.85. The Balaban J connectivity index is 2.18. The van der Waals surface area contributed by atoms with Crippen LogP contribution in [0.15, 0.2) is 42.6 Å². The van der Waals surface area contributed by atoms with Gasteiger partial charge in [0.15, 0.2) is 0 Å². The molecule has 1 heterocycles. The van der Waals surface area contributed by atoms with E-state index in [9.17, 15) is 9.59 Å². The summed E-state index contributed by atoms with van der Waals surface area (Å²) in [6.45, 7) is 13.0. The fourth-order valence-electron chi connectivity index (χ4n) is 2.69. The van der Waals surface area contributed by atoms with Gasteiger partial charge >= 0.3 is 5.97 Å². The van der Waals surface area contributed by atoms with Crippen LogP contribution >= 0.6 is 0 Å². The van der Waals surface area contributed by atoms with Crippen molar-refractivity contribution >= 4 is 20.2 Å². The number of nitrogens with zero attached hydrogens (tertiary/aromatic N) is 1. The van der Waals surface area contributed by atoms with Gasteiger partial charge in [-0.05, 0) is 60.4 Å². The van der Waals surface area contributed by atoms with E-state index < -0.39 is 26.2 Å². The normalized spacial score (nSPS) is 12.8. The van der Waals surface area contributed by atoms with Crippen LogP contribution in [0.4, 0.5) is 0 Å². The highest BCUT2D eigenvalue weighted by Gasteiger charge is 2.39. The first kappa shape index (κ1) is 23.6. The second kappa shape index (κ2) is 9.43. The molecule has 0 spiro atoms. The summed E-state index contributed by atoms with van der Waals surface area (Å²) in [5.41, 5.74) is 2.18. The van der Waals surface area contributed by atoms with Crippen LogP contribution in [0.25, 0.3) is 0 Å². The lowest BCUT2D eigenvalue weighted by Gasteiger charge is -2.36. The number of hydrogen-bond donors (Lipinski definition) is 1. The van der Waals surface area contributed by atoms with Crippen LogP contribution in [0.2, 0.25) is 18.1 Å². The number of ether oxygens (including phenoxy) is 1. The van der Waals surface area contributed by atoms with E-state index in [2.05, 4.69) is 44.2 Å². The van der Waals surface area contributed by atoms with Gasteiger partial charge in [0, 0.05) is 12.6 Å². The molecule has 1 amide bonds. The number of amides is 1. The van der Waals surface area contributed by atoms with E-state index in [1.807, 2.05) is 25.1 Å². The van der Waals surface area contributed by atoms with E-state index in [1.165, 1.54) is 13.3 Å². The van der Waals surface area contributed by atoms with E-state index in [0.29, 0.717) is 6.42 Å². The van der Waals surface area contributed by atoms with Crippen LogP contribution in [0.3, 0.4) is 0 Å². The lowest BCUT2D eigenvalue weighted by Crippen LogP contribution is -2.44. The standard InChI is InChI=1S/C23H32N2O4Si/c1-16-14-18(29-30(6,7)23(2,3)4)12-11-17(16)15-20(22(27)28-5)25-21(26)19-10-8-9-13-24-19/h8-14,20H,15H2,1-7H3,(H,25,26)/t20-/m0/s1. The predicted molar refractivity (Wildman–Crippen MR) is 120 cm³/mol. The van der Waals surface area contributed by atoms with E-state index in [0.717, 1.165) is 16.9 Å². The number of aryl methyl sites for hydroxylation is 1. The number of benzene rings is 1. The summed E-state index contributed by atoms with van der Waals surface area (Å²) in [4.78, 5) is 28.8. The molecule has 0 fully saturated rings. The van der Waals surface area contributed by atoms with Crippen molar-refractivity contribution in [2.45, 2.75) is 58.3 Å². The molecule has 1 aromatic carbocycles. The van der Waals surface area contributed by atoms with Crippen molar-refractivity contribution in [2.24, 2.45) is 0 Å². The molecule has 1 aromatic heterocycles. The zero-order valence-corrected chi connectivity index (χ0v) is 19.9. The first-order valence-corrected chi connectivity index (χ1v) is 12.9. The first-order chi connectivity index (χ1) is 13.9. The van der Waals surface area contributed by atoms with Crippen molar-refractivity contribution in [1.29, 1.82) is 0 Å². The van der Waals surface area contributed by atoms with Gasteiger partial charge in [-0.25, -0.2) is 4.79 Å².